The average Bonchev–Trinajstić information content (AvgIpc) is 2.89. The van der Waals surface area contributed by atoms with Crippen molar-refractivity contribution in [2.45, 2.75) is 26.2 Å². The molecular formula is C12H16BrNOS. The van der Waals surface area contributed by atoms with Crippen LogP contribution in [0.3, 0.4) is 0 Å². The van der Waals surface area contributed by atoms with E-state index in [1.54, 1.807) is 11.3 Å². The van der Waals surface area contributed by atoms with E-state index in [-0.39, 0.29) is 5.41 Å². The summed E-state index contributed by atoms with van der Waals surface area (Å²) in [5, 5.41) is 5.34. The molecule has 1 fully saturated rings. The highest BCUT2D eigenvalue weighted by atomic mass is 79.9. The van der Waals surface area contributed by atoms with E-state index in [1.807, 2.05) is 11.4 Å². The quantitative estimate of drug-likeness (QED) is 0.926. The van der Waals surface area contributed by atoms with E-state index in [0.29, 0.717) is 12.2 Å². The molecule has 0 aromatic carbocycles. The Bertz CT molecular complexity index is 382. The standard InChI is InChI=1S/C12H16BrNOS/c1-2-12(4-5-14-8-12)11(15)7-10-9(13)3-6-16-10/h3,6,14H,2,4-5,7-8H2,1H3. The monoisotopic (exact) mass is 301 g/mol. The van der Waals surface area contributed by atoms with E-state index in [1.165, 1.54) is 0 Å². The average molecular weight is 302 g/mol. The van der Waals surface area contributed by atoms with Crippen LogP contribution in [-0.4, -0.2) is 18.9 Å². The van der Waals surface area contributed by atoms with Crippen molar-refractivity contribution in [1.82, 2.24) is 5.32 Å². The lowest BCUT2D eigenvalue weighted by Crippen LogP contribution is -2.34. The second-order valence-corrected chi connectivity index (χ2v) is 6.21. The molecule has 0 radical (unpaired) electrons. The van der Waals surface area contributed by atoms with Crippen molar-refractivity contribution in [2.24, 2.45) is 5.41 Å². The molecule has 0 spiro atoms. The van der Waals surface area contributed by atoms with Gasteiger partial charge in [0.1, 0.15) is 5.78 Å². The van der Waals surface area contributed by atoms with E-state index in [0.717, 1.165) is 35.3 Å². The first-order valence-electron chi connectivity index (χ1n) is 5.64. The first kappa shape index (κ1) is 12.3. The number of hydrogen-bond acceptors (Lipinski definition) is 3. The largest absolute Gasteiger partial charge is 0.316 e. The number of nitrogens with one attached hydrogen (secondary N) is 1. The van der Waals surface area contributed by atoms with Gasteiger partial charge in [-0.1, -0.05) is 6.92 Å². The Balaban J connectivity index is 2.10. The van der Waals surface area contributed by atoms with Crippen molar-refractivity contribution in [2.75, 3.05) is 13.1 Å². The van der Waals surface area contributed by atoms with Gasteiger partial charge in [0.15, 0.2) is 0 Å². The second kappa shape index (κ2) is 4.98. The van der Waals surface area contributed by atoms with Crippen LogP contribution in [0.2, 0.25) is 0 Å². The van der Waals surface area contributed by atoms with Crippen LogP contribution in [-0.2, 0) is 11.2 Å². The number of rotatable bonds is 4. The van der Waals surface area contributed by atoms with Gasteiger partial charge >= 0.3 is 0 Å². The fourth-order valence-electron chi connectivity index (χ4n) is 2.27. The molecule has 0 amide bonds. The van der Waals surface area contributed by atoms with Gasteiger partial charge in [-0.2, -0.15) is 0 Å². The van der Waals surface area contributed by atoms with Crippen LogP contribution in [0.15, 0.2) is 15.9 Å². The third kappa shape index (κ3) is 2.24. The summed E-state index contributed by atoms with van der Waals surface area (Å²) < 4.78 is 1.07. The molecule has 4 heteroatoms. The maximum absolute atomic E-state index is 12.4. The van der Waals surface area contributed by atoms with Crippen molar-refractivity contribution >= 4 is 33.0 Å². The molecule has 1 N–H and O–H groups in total. The molecule has 16 heavy (non-hydrogen) atoms. The number of carbonyl (C=O) groups is 1. The van der Waals surface area contributed by atoms with E-state index in [4.69, 9.17) is 0 Å². The third-order valence-corrected chi connectivity index (χ3v) is 5.45. The maximum Gasteiger partial charge on any atom is 0.145 e. The van der Waals surface area contributed by atoms with Crippen LogP contribution < -0.4 is 5.32 Å². The van der Waals surface area contributed by atoms with Crippen molar-refractivity contribution in [3.63, 3.8) is 0 Å². The van der Waals surface area contributed by atoms with Gasteiger partial charge in [0.25, 0.3) is 0 Å². The summed E-state index contributed by atoms with van der Waals surface area (Å²) in [7, 11) is 0. The minimum atomic E-state index is -0.108. The highest BCUT2D eigenvalue weighted by molar-refractivity contribution is 9.10. The summed E-state index contributed by atoms with van der Waals surface area (Å²) in [6.07, 6.45) is 2.51. The predicted octanol–water partition coefficient (Wildman–Crippen LogP) is 3.01. The number of thiophene rings is 1. The molecule has 1 aliphatic rings. The SMILES string of the molecule is CCC1(C(=O)Cc2sccc2Br)CCNC1. The number of Topliss-reactive ketones (excluding diaryl/α,β-unsaturated/α-hetero) is 1. The lowest BCUT2D eigenvalue weighted by Gasteiger charge is -2.24. The summed E-state index contributed by atoms with van der Waals surface area (Å²) in [4.78, 5) is 13.5. The molecule has 0 aliphatic carbocycles. The molecular weight excluding hydrogens is 286 g/mol. The topological polar surface area (TPSA) is 29.1 Å². The Morgan fingerprint density at radius 3 is 3.00 bits per heavy atom. The van der Waals surface area contributed by atoms with E-state index >= 15 is 0 Å². The van der Waals surface area contributed by atoms with Crippen LogP contribution in [0.4, 0.5) is 0 Å². The van der Waals surface area contributed by atoms with Crippen LogP contribution in [0.5, 0.6) is 0 Å². The first-order chi connectivity index (χ1) is 7.68. The molecule has 1 aromatic rings. The molecule has 0 bridgehead atoms. The van der Waals surface area contributed by atoms with E-state index < -0.39 is 0 Å². The lowest BCUT2D eigenvalue weighted by atomic mass is 9.78. The zero-order valence-electron chi connectivity index (χ0n) is 9.38. The minimum absolute atomic E-state index is 0.108. The summed E-state index contributed by atoms with van der Waals surface area (Å²) in [6, 6.07) is 2.01. The number of hydrogen-bond donors (Lipinski definition) is 1. The second-order valence-electron chi connectivity index (χ2n) is 4.35. The van der Waals surface area contributed by atoms with Crippen molar-refractivity contribution in [3.05, 3.63) is 20.8 Å². The van der Waals surface area contributed by atoms with Gasteiger partial charge in [-0.15, -0.1) is 11.3 Å². The van der Waals surface area contributed by atoms with Crippen molar-refractivity contribution in [3.8, 4) is 0 Å². The third-order valence-electron chi connectivity index (χ3n) is 3.52. The highest BCUT2D eigenvalue weighted by Crippen LogP contribution is 2.33. The zero-order chi connectivity index (χ0) is 11.6. The molecule has 88 valence electrons. The Hall–Kier alpha value is -0.190. The van der Waals surface area contributed by atoms with Crippen LogP contribution in [0.1, 0.15) is 24.6 Å². The fraction of sp³-hybridized carbons (Fsp3) is 0.583. The number of carbonyl (C=O) groups excluding carboxylic acids is 1. The molecule has 2 heterocycles. The minimum Gasteiger partial charge on any atom is -0.316 e. The zero-order valence-corrected chi connectivity index (χ0v) is 11.8. The summed E-state index contributed by atoms with van der Waals surface area (Å²) in [5.74, 6) is 0.392. The van der Waals surface area contributed by atoms with Crippen LogP contribution in [0, 0.1) is 5.41 Å². The molecule has 0 saturated carbocycles. The van der Waals surface area contributed by atoms with Crippen molar-refractivity contribution < 1.29 is 4.79 Å². The van der Waals surface area contributed by atoms with Gasteiger partial charge in [0, 0.05) is 27.7 Å². The van der Waals surface area contributed by atoms with Gasteiger partial charge < -0.3 is 5.32 Å². The smallest absolute Gasteiger partial charge is 0.145 e. The van der Waals surface area contributed by atoms with E-state index in [2.05, 4.69) is 28.2 Å². The molecule has 1 aliphatic heterocycles. The highest BCUT2D eigenvalue weighted by Gasteiger charge is 2.38. The molecule has 2 nitrogen and oxygen atoms in total. The molecule has 1 unspecified atom stereocenters. The van der Waals surface area contributed by atoms with E-state index in [9.17, 15) is 4.79 Å². The van der Waals surface area contributed by atoms with Crippen LogP contribution >= 0.6 is 27.3 Å². The lowest BCUT2D eigenvalue weighted by molar-refractivity contribution is -0.127. The first-order valence-corrected chi connectivity index (χ1v) is 7.31. The van der Waals surface area contributed by atoms with Gasteiger partial charge in [-0.25, -0.2) is 0 Å². The Kier molecular flexibility index (Phi) is 3.82. The molecule has 1 saturated heterocycles. The van der Waals surface area contributed by atoms with Gasteiger partial charge in [0.05, 0.1) is 0 Å². The molecule has 1 atom stereocenters. The van der Waals surface area contributed by atoms with Gasteiger partial charge in [0.2, 0.25) is 0 Å². The number of ketones is 1. The predicted molar refractivity (Wildman–Crippen MR) is 70.9 cm³/mol. The van der Waals surface area contributed by atoms with Crippen LogP contribution in [0.25, 0.3) is 0 Å². The summed E-state index contributed by atoms with van der Waals surface area (Å²) in [5.41, 5.74) is -0.108. The van der Waals surface area contributed by atoms with Gasteiger partial charge in [-0.3, -0.25) is 4.79 Å². The van der Waals surface area contributed by atoms with Crippen molar-refractivity contribution in [1.29, 1.82) is 0 Å². The number of halogens is 1. The maximum atomic E-state index is 12.4. The molecule has 1 aromatic heterocycles. The normalized spacial score (nSPS) is 24.9. The molecule has 2 rings (SSSR count). The summed E-state index contributed by atoms with van der Waals surface area (Å²) >= 11 is 5.14. The van der Waals surface area contributed by atoms with Gasteiger partial charge in [-0.05, 0) is 46.8 Å². The Morgan fingerprint density at radius 2 is 2.50 bits per heavy atom. The Morgan fingerprint density at radius 1 is 1.69 bits per heavy atom. The summed E-state index contributed by atoms with van der Waals surface area (Å²) in [6.45, 7) is 3.95. The fourth-order valence-corrected chi connectivity index (χ4v) is 3.76. The Labute approximate surface area is 109 Å².